The molecule has 21 heavy (non-hydrogen) atoms. The van der Waals surface area contributed by atoms with Gasteiger partial charge in [0.2, 0.25) is 0 Å². The molecule has 2 aromatic carbocycles. The zero-order chi connectivity index (χ0) is 14.8. The Bertz CT molecular complexity index is 674. The molecule has 2 aromatic rings. The highest BCUT2D eigenvalue weighted by Gasteiger charge is 2.24. The molecule has 0 aliphatic carbocycles. The van der Waals surface area contributed by atoms with Crippen LogP contribution in [0.25, 0.3) is 0 Å². The third-order valence-electron chi connectivity index (χ3n) is 3.44. The molecule has 3 rings (SSSR count). The Kier molecular flexibility index (Phi) is 4.17. The van der Waals surface area contributed by atoms with Crippen molar-refractivity contribution < 1.29 is 9.18 Å². The topological polar surface area (TPSA) is 29.1 Å². The van der Waals surface area contributed by atoms with Gasteiger partial charge in [0.15, 0.2) is 0 Å². The summed E-state index contributed by atoms with van der Waals surface area (Å²) in [4.78, 5) is 12.9. The third kappa shape index (κ3) is 3.06. The lowest BCUT2D eigenvalue weighted by Gasteiger charge is -2.26. The van der Waals surface area contributed by atoms with Crippen molar-refractivity contribution in [2.45, 2.75) is 17.4 Å². The number of carbonyl (C=O) groups is 1. The molecule has 1 amide bonds. The first-order chi connectivity index (χ1) is 10.1. The molecule has 0 spiro atoms. The van der Waals surface area contributed by atoms with Crippen LogP contribution in [0.15, 0.2) is 47.4 Å². The Balaban J connectivity index is 1.82. The van der Waals surface area contributed by atoms with E-state index in [1.165, 1.54) is 17.8 Å². The molecule has 0 unspecified atom stereocenters. The molecular weight excluding hydrogens is 309 g/mol. The van der Waals surface area contributed by atoms with E-state index >= 15 is 0 Å². The summed E-state index contributed by atoms with van der Waals surface area (Å²) in [5.41, 5.74) is 1.41. The van der Waals surface area contributed by atoms with Gasteiger partial charge in [0.1, 0.15) is 5.82 Å². The SMILES string of the molecule is O=C(N[C@@H]1CCSc2c(F)cccc21)c1ccc(Cl)cc1. The van der Waals surface area contributed by atoms with Crippen LogP contribution in [-0.4, -0.2) is 11.7 Å². The number of rotatable bonds is 2. The number of hydrogen-bond acceptors (Lipinski definition) is 2. The number of benzene rings is 2. The van der Waals surface area contributed by atoms with Gasteiger partial charge in [-0.25, -0.2) is 4.39 Å². The lowest BCUT2D eigenvalue weighted by atomic mass is 10.0. The van der Waals surface area contributed by atoms with Gasteiger partial charge in [0, 0.05) is 21.2 Å². The van der Waals surface area contributed by atoms with Crippen molar-refractivity contribution in [3.05, 3.63) is 64.4 Å². The van der Waals surface area contributed by atoms with Crippen molar-refractivity contribution in [2.75, 3.05) is 5.75 Å². The minimum Gasteiger partial charge on any atom is -0.345 e. The van der Waals surface area contributed by atoms with Crippen LogP contribution >= 0.6 is 23.4 Å². The van der Waals surface area contributed by atoms with E-state index < -0.39 is 0 Å². The van der Waals surface area contributed by atoms with E-state index in [0.717, 1.165) is 17.7 Å². The second-order valence-electron chi connectivity index (χ2n) is 4.83. The number of amides is 1. The predicted octanol–water partition coefficient (Wildman–Crippen LogP) is 4.45. The molecule has 1 aliphatic rings. The molecule has 1 atom stereocenters. The Morgan fingerprint density at radius 1 is 1.24 bits per heavy atom. The summed E-state index contributed by atoms with van der Waals surface area (Å²) in [6, 6.07) is 11.6. The van der Waals surface area contributed by atoms with Crippen LogP contribution in [0.4, 0.5) is 4.39 Å². The molecule has 108 valence electrons. The zero-order valence-electron chi connectivity index (χ0n) is 11.1. The van der Waals surface area contributed by atoms with Crippen molar-refractivity contribution in [3.8, 4) is 0 Å². The summed E-state index contributed by atoms with van der Waals surface area (Å²) in [7, 11) is 0. The van der Waals surface area contributed by atoms with Gasteiger partial charge in [0.25, 0.3) is 5.91 Å². The Morgan fingerprint density at radius 3 is 2.76 bits per heavy atom. The highest BCUT2D eigenvalue weighted by atomic mass is 35.5. The Morgan fingerprint density at radius 2 is 2.00 bits per heavy atom. The minimum absolute atomic E-state index is 0.153. The van der Waals surface area contributed by atoms with Gasteiger partial charge in [0.05, 0.1) is 6.04 Å². The van der Waals surface area contributed by atoms with Crippen molar-refractivity contribution in [3.63, 3.8) is 0 Å². The predicted molar refractivity (Wildman–Crippen MR) is 83.4 cm³/mol. The van der Waals surface area contributed by atoms with Gasteiger partial charge in [-0.15, -0.1) is 11.8 Å². The maximum atomic E-state index is 13.8. The average molecular weight is 322 g/mol. The Hall–Kier alpha value is -1.52. The van der Waals surface area contributed by atoms with Gasteiger partial charge in [-0.05, 0) is 42.3 Å². The quantitative estimate of drug-likeness (QED) is 0.885. The average Bonchev–Trinajstić information content (AvgIpc) is 2.49. The van der Waals surface area contributed by atoms with E-state index in [1.54, 1.807) is 30.3 Å². The van der Waals surface area contributed by atoms with Crippen LogP contribution in [0.5, 0.6) is 0 Å². The molecular formula is C16H13ClFNOS. The van der Waals surface area contributed by atoms with Crippen LogP contribution < -0.4 is 5.32 Å². The van der Waals surface area contributed by atoms with Gasteiger partial charge >= 0.3 is 0 Å². The van der Waals surface area contributed by atoms with Gasteiger partial charge < -0.3 is 5.32 Å². The first-order valence-corrected chi connectivity index (χ1v) is 7.99. The minimum atomic E-state index is -0.219. The summed E-state index contributed by atoms with van der Waals surface area (Å²) in [6.07, 6.45) is 0.792. The highest BCUT2D eigenvalue weighted by Crippen LogP contribution is 2.37. The second-order valence-corrected chi connectivity index (χ2v) is 6.37. The fourth-order valence-corrected chi connectivity index (χ4v) is 3.65. The van der Waals surface area contributed by atoms with Crippen LogP contribution in [0, 0.1) is 5.82 Å². The molecule has 0 aromatic heterocycles. The summed E-state index contributed by atoms with van der Waals surface area (Å²) in [6.45, 7) is 0. The van der Waals surface area contributed by atoms with E-state index in [0.29, 0.717) is 15.5 Å². The number of halogens is 2. The van der Waals surface area contributed by atoms with E-state index in [1.807, 2.05) is 6.07 Å². The number of thioether (sulfide) groups is 1. The van der Waals surface area contributed by atoms with Crippen molar-refractivity contribution >= 4 is 29.3 Å². The highest BCUT2D eigenvalue weighted by molar-refractivity contribution is 7.99. The number of hydrogen-bond donors (Lipinski definition) is 1. The van der Waals surface area contributed by atoms with E-state index in [2.05, 4.69) is 5.32 Å². The smallest absolute Gasteiger partial charge is 0.251 e. The summed E-state index contributed by atoms with van der Waals surface area (Å²) >= 11 is 7.32. The molecule has 0 fully saturated rings. The normalized spacial score (nSPS) is 17.1. The second kappa shape index (κ2) is 6.08. The van der Waals surface area contributed by atoms with Gasteiger partial charge in [-0.1, -0.05) is 23.7 Å². The number of fused-ring (bicyclic) bond motifs is 1. The monoisotopic (exact) mass is 321 g/mol. The summed E-state index contributed by atoms with van der Waals surface area (Å²) in [5.74, 6) is 0.404. The van der Waals surface area contributed by atoms with Gasteiger partial charge in [-0.3, -0.25) is 4.79 Å². The number of carbonyl (C=O) groups excluding carboxylic acids is 1. The van der Waals surface area contributed by atoms with Crippen molar-refractivity contribution in [1.29, 1.82) is 0 Å². The van der Waals surface area contributed by atoms with Crippen LogP contribution in [0.2, 0.25) is 5.02 Å². The largest absolute Gasteiger partial charge is 0.345 e. The third-order valence-corrected chi connectivity index (χ3v) is 4.85. The van der Waals surface area contributed by atoms with Crippen LogP contribution in [-0.2, 0) is 0 Å². The van der Waals surface area contributed by atoms with Crippen molar-refractivity contribution in [2.24, 2.45) is 0 Å². The summed E-state index contributed by atoms with van der Waals surface area (Å²) < 4.78 is 13.8. The standard InChI is InChI=1S/C16H13ClFNOS/c17-11-6-4-10(5-7-11)16(20)19-14-8-9-21-15-12(14)2-1-3-13(15)18/h1-7,14H,8-9H2,(H,19,20)/t14-/m1/s1. The lowest BCUT2D eigenvalue weighted by molar-refractivity contribution is 0.0935. The molecule has 0 radical (unpaired) electrons. The zero-order valence-corrected chi connectivity index (χ0v) is 12.7. The fourth-order valence-electron chi connectivity index (χ4n) is 2.38. The molecule has 1 N–H and O–H groups in total. The van der Waals surface area contributed by atoms with Crippen LogP contribution in [0.1, 0.15) is 28.4 Å². The van der Waals surface area contributed by atoms with E-state index in [4.69, 9.17) is 11.6 Å². The Labute approximate surface area is 131 Å². The van der Waals surface area contributed by atoms with E-state index in [9.17, 15) is 9.18 Å². The molecule has 1 heterocycles. The van der Waals surface area contributed by atoms with Crippen LogP contribution in [0.3, 0.4) is 0 Å². The van der Waals surface area contributed by atoms with Crippen molar-refractivity contribution in [1.82, 2.24) is 5.32 Å². The first-order valence-electron chi connectivity index (χ1n) is 6.63. The molecule has 0 saturated carbocycles. The maximum absolute atomic E-state index is 13.8. The first kappa shape index (κ1) is 14.4. The molecule has 2 nitrogen and oxygen atoms in total. The molecule has 1 aliphatic heterocycles. The van der Waals surface area contributed by atoms with Gasteiger partial charge in [-0.2, -0.15) is 0 Å². The molecule has 0 bridgehead atoms. The molecule has 5 heteroatoms. The summed E-state index contributed by atoms with van der Waals surface area (Å²) in [5, 5.41) is 3.57. The number of nitrogens with one attached hydrogen (secondary N) is 1. The fraction of sp³-hybridized carbons (Fsp3) is 0.188. The maximum Gasteiger partial charge on any atom is 0.251 e. The van der Waals surface area contributed by atoms with E-state index in [-0.39, 0.29) is 17.8 Å². The lowest BCUT2D eigenvalue weighted by Crippen LogP contribution is -2.30. The molecule has 0 saturated heterocycles.